The van der Waals surface area contributed by atoms with E-state index in [1.165, 1.54) is 11.1 Å². The van der Waals surface area contributed by atoms with E-state index < -0.39 is 0 Å². The number of hydrogen-bond donors (Lipinski definition) is 2. The summed E-state index contributed by atoms with van der Waals surface area (Å²) < 4.78 is 0. The Kier molecular flexibility index (Phi) is 5.56. The van der Waals surface area contributed by atoms with Gasteiger partial charge in [0.05, 0.1) is 6.04 Å². The third-order valence-electron chi connectivity index (χ3n) is 3.19. The highest BCUT2D eigenvalue weighted by molar-refractivity contribution is 7.80. The summed E-state index contributed by atoms with van der Waals surface area (Å²) in [6, 6.07) is 20.9. The molecule has 2 rings (SSSR count). The smallest absolute Gasteiger partial charge is 0.166 e. The molecule has 0 saturated carbocycles. The Bertz CT molecular complexity index is 525. The van der Waals surface area contributed by atoms with Crippen LogP contribution in [-0.4, -0.2) is 11.7 Å². The van der Waals surface area contributed by atoms with Crippen molar-refractivity contribution in [1.29, 1.82) is 0 Å². The zero-order chi connectivity index (χ0) is 14.2. The Balaban J connectivity index is 1.73. The van der Waals surface area contributed by atoms with E-state index in [-0.39, 0.29) is 6.04 Å². The maximum atomic E-state index is 5.32. The van der Waals surface area contributed by atoms with Crippen molar-refractivity contribution in [3.8, 4) is 0 Å². The average Bonchev–Trinajstić information content (AvgIpc) is 2.49. The van der Waals surface area contributed by atoms with Crippen LogP contribution in [0.3, 0.4) is 0 Å². The van der Waals surface area contributed by atoms with Crippen LogP contribution in [0.15, 0.2) is 60.7 Å². The van der Waals surface area contributed by atoms with Crippen molar-refractivity contribution in [3.63, 3.8) is 0 Å². The third-order valence-corrected chi connectivity index (χ3v) is 3.45. The monoisotopic (exact) mass is 284 g/mol. The van der Waals surface area contributed by atoms with Gasteiger partial charge in [-0.25, -0.2) is 0 Å². The number of benzene rings is 2. The van der Waals surface area contributed by atoms with E-state index in [2.05, 4.69) is 54.0 Å². The van der Waals surface area contributed by atoms with Gasteiger partial charge < -0.3 is 10.6 Å². The topological polar surface area (TPSA) is 24.1 Å². The fraction of sp³-hybridized carbons (Fsp3) is 0.235. The zero-order valence-corrected chi connectivity index (χ0v) is 12.5. The number of rotatable bonds is 5. The summed E-state index contributed by atoms with van der Waals surface area (Å²) in [7, 11) is 0. The van der Waals surface area contributed by atoms with Gasteiger partial charge in [0.15, 0.2) is 5.11 Å². The second kappa shape index (κ2) is 7.65. The minimum atomic E-state index is 0.216. The van der Waals surface area contributed by atoms with E-state index in [1.807, 2.05) is 24.3 Å². The molecule has 20 heavy (non-hydrogen) atoms. The fourth-order valence-electron chi connectivity index (χ4n) is 2.04. The molecule has 0 aliphatic heterocycles. The molecular weight excluding hydrogens is 264 g/mol. The summed E-state index contributed by atoms with van der Waals surface area (Å²) in [5.41, 5.74) is 2.55. The molecule has 0 saturated heterocycles. The molecule has 2 nitrogen and oxygen atoms in total. The van der Waals surface area contributed by atoms with Crippen LogP contribution in [0.25, 0.3) is 0 Å². The molecule has 0 aliphatic carbocycles. The van der Waals surface area contributed by atoms with Gasteiger partial charge in [-0.05, 0) is 36.7 Å². The van der Waals surface area contributed by atoms with Crippen molar-refractivity contribution in [2.45, 2.75) is 19.4 Å². The molecule has 2 aromatic carbocycles. The van der Waals surface area contributed by atoms with Gasteiger partial charge in [-0.2, -0.15) is 0 Å². The minimum Gasteiger partial charge on any atom is -0.362 e. The van der Waals surface area contributed by atoms with Crippen LogP contribution >= 0.6 is 12.2 Å². The Labute approximate surface area is 126 Å². The predicted octanol–water partition coefficient (Wildman–Crippen LogP) is 3.45. The second-order valence-corrected chi connectivity index (χ2v) is 5.18. The molecule has 1 atom stereocenters. The van der Waals surface area contributed by atoms with Crippen LogP contribution in [0.4, 0.5) is 0 Å². The highest BCUT2D eigenvalue weighted by Crippen LogP contribution is 2.10. The first-order valence-corrected chi connectivity index (χ1v) is 7.30. The van der Waals surface area contributed by atoms with Crippen LogP contribution in [-0.2, 0) is 6.42 Å². The van der Waals surface area contributed by atoms with E-state index >= 15 is 0 Å². The summed E-state index contributed by atoms with van der Waals surface area (Å²) in [6.07, 6.45) is 0.975. The lowest BCUT2D eigenvalue weighted by molar-refractivity contribution is 0.696. The molecule has 0 bridgehead atoms. The van der Waals surface area contributed by atoms with Gasteiger partial charge in [-0.15, -0.1) is 0 Å². The maximum Gasteiger partial charge on any atom is 0.166 e. The highest BCUT2D eigenvalue weighted by Gasteiger charge is 2.05. The molecule has 1 unspecified atom stereocenters. The molecule has 0 radical (unpaired) electrons. The molecule has 3 heteroatoms. The highest BCUT2D eigenvalue weighted by atomic mass is 32.1. The van der Waals surface area contributed by atoms with E-state index in [1.54, 1.807) is 0 Å². The zero-order valence-electron chi connectivity index (χ0n) is 11.7. The van der Waals surface area contributed by atoms with Crippen molar-refractivity contribution in [2.24, 2.45) is 0 Å². The van der Waals surface area contributed by atoms with Gasteiger partial charge in [0.1, 0.15) is 0 Å². The SMILES string of the molecule is CC(NC(=S)NCCc1ccccc1)c1ccccc1. The van der Waals surface area contributed by atoms with E-state index in [0.717, 1.165) is 13.0 Å². The standard InChI is InChI=1S/C17H20N2S/c1-14(16-10-6-3-7-11-16)19-17(20)18-13-12-15-8-4-2-5-9-15/h2-11,14H,12-13H2,1H3,(H2,18,19,20). The lowest BCUT2D eigenvalue weighted by atomic mass is 10.1. The molecular formula is C17H20N2S. The van der Waals surface area contributed by atoms with E-state index in [9.17, 15) is 0 Å². The van der Waals surface area contributed by atoms with Crippen molar-refractivity contribution in [3.05, 3.63) is 71.8 Å². The van der Waals surface area contributed by atoms with Crippen molar-refractivity contribution < 1.29 is 0 Å². The molecule has 0 aromatic heterocycles. The average molecular weight is 284 g/mol. The first kappa shape index (κ1) is 14.5. The Morgan fingerprint density at radius 2 is 1.60 bits per heavy atom. The third kappa shape index (κ3) is 4.67. The summed E-state index contributed by atoms with van der Waals surface area (Å²) >= 11 is 5.32. The van der Waals surface area contributed by atoms with Crippen molar-refractivity contribution >= 4 is 17.3 Å². The molecule has 104 valence electrons. The van der Waals surface area contributed by atoms with Gasteiger partial charge in [0, 0.05) is 6.54 Å². The molecule has 2 N–H and O–H groups in total. The Morgan fingerprint density at radius 1 is 1.00 bits per heavy atom. The number of thiocarbonyl (C=S) groups is 1. The van der Waals surface area contributed by atoms with Crippen molar-refractivity contribution in [1.82, 2.24) is 10.6 Å². The maximum absolute atomic E-state index is 5.32. The summed E-state index contributed by atoms with van der Waals surface area (Å²) in [6.45, 7) is 2.96. The van der Waals surface area contributed by atoms with Gasteiger partial charge >= 0.3 is 0 Å². The first-order valence-electron chi connectivity index (χ1n) is 6.89. The van der Waals surface area contributed by atoms with E-state index in [0.29, 0.717) is 5.11 Å². The lowest BCUT2D eigenvalue weighted by Crippen LogP contribution is -2.37. The summed E-state index contributed by atoms with van der Waals surface area (Å²) in [5.74, 6) is 0. The van der Waals surface area contributed by atoms with Gasteiger partial charge in [0.2, 0.25) is 0 Å². The molecule has 0 spiro atoms. The van der Waals surface area contributed by atoms with Gasteiger partial charge in [-0.3, -0.25) is 0 Å². The van der Waals surface area contributed by atoms with Crippen LogP contribution in [0.5, 0.6) is 0 Å². The van der Waals surface area contributed by atoms with Crippen molar-refractivity contribution in [2.75, 3.05) is 6.54 Å². The molecule has 0 aliphatic rings. The van der Waals surface area contributed by atoms with Crippen LogP contribution < -0.4 is 10.6 Å². The number of hydrogen-bond acceptors (Lipinski definition) is 1. The van der Waals surface area contributed by atoms with Crippen LogP contribution in [0, 0.1) is 0 Å². The van der Waals surface area contributed by atoms with Crippen LogP contribution in [0.1, 0.15) is 24.1 Å². The fourth-order valence-corrected chi connectivity index (χ4v) is 2.32. The Hall–Kier alpha value is -1.87. The van der Waals surface area contributed by atoms with Crippen LogP contribution in [0.2, 0.25) is 0 Å². The predicted molar refractivity (Wildman–Crippen MR) is 88.7 cm³/mol. The number of nitrogens with one attached hydrogen (secondary N) is 2. The first-order chi connectivity index (χ1) is 9.75. The normalized spacial score (nSPS) is 11.7. The summed E-state index contributed by atoms with van der Waals surface area (Å²) in [5, 5.41) is 7.26. The van der Waals surface area contributed by atoms with Gasteiger partial charge in [0.25, 0.3) is 0 Å². The lowest BCUT2D eigenvalue weighted by Gasteiger charge is -2.17. The molecule has 0 heterocycles. The minimum absolute atomic E-state index is 0.216. The second-order valence-electron chi connectivity index (χ2n) is 4.77. The van der Waals surface area contributed by atoms with E-state index in [4.69, 9.17) is 12.2 Å². The molecule has 0 amide bonds. The summed E-state index contributed by atoms with van der Waals surface area (Å²) in [4.78, 5) is 0. The largest absolute Gasteiger partial charge is 0.362 e. The van der Waals surface area contributed by atoms with Gasteiger partial charge in [-0.1, -0.05) is 60.7 Å². The molecule has 2 aromatic rings. The molecule has 0 fully saturated rings. The Morgan fingerprint density at radius 3 is 2.25 bits per heavy atom. The quantitative estimate of drug-likeness (QED) is 0.822.